The van der Waals surface area contributed by atoms with Gasteiger partial charge in [-0.3, -0.25) is 14.5 Å². The van der Waals surface area contributed by atoms with Crippen LogP contribution in [0.25, 0.3) is 0 Å². The summed E-state index contributed by atoms with van der Waals surface area (Å²) in [5.74, 6) is 0.0728. The third kappa shape index (κ3) is 4.20. The fourth-order valence-corrected chi connectivity index (χ4v) is 3.11. The van der Waals surface area contributed by atoms with Crippen LogP contribution in [0.1, 0.15) is 39.0 Å². The molecule has 1 heterocycles. The predicted octanol–water partition coefficient (Wildman–Crippen LogP) is 1.43. The van der Waals surface area contributed by atoms with Gasteiger partial charge in [-0.05, 0) is 44.1 Å². The molecule has 1 saturated carbocycles. The molecule has 1 N–H and O–H groups in total. The Morgan fingerprint density at radius 1 is 1.35 bits per heavy atom. The molecule has 0 aromatic rings. The third-order valence-electron chi connectivity index (χ3n) is 4.69. The Hall–Kier alpha value is -1.10. The van der Waals surface area contributed by atoms with E-state index < -0.39 is 5.97 Å². The van der Waals surface area contributed by atoms with Crippen molar-refractivity contribution in [2.45, 2.75) is 45.1 Å². The zero-order chi connectivity index (χ0) is 14.7. The lowest BCUT2D eigenvalue weighted by Crippen LogP contribution is -2.44. The Kier molecular flexibility index (Phi) is 5.02. The van der Waals surface area contributed by atoms with E-state index in [1.807, 2.05) is 18.9 Å². The van der Waals surface area contributed by atoms with Gasteiger partial charge in [-0.1, -0.05) is 6.92 Å². The van der Waals surface area contributed by atoms with Crippen molar-refractivity contribution < 1.29 is 14.7 Å². The highest BCUT2D eigenvalue weighted by molar-refractivity contribution is 5.78. The van der Waals surface area contributed by atoms with Crippen LogP contribution >= 0.6 is 0 Å². The molecular weight excluding hydrogens is 256 g/mol. The molecule has 1 aliphatic heterocycles. The zero-order valence-electron chi connectivity index (χ0n) is 12.5. The van der Waals surface area contributed by atoms with Crippen molar-refractivity contribution in [2.75, 3.05) is 26.7 Å². The number of rotatable bonds is 6. The Morgan fingerprint density at radius 3 is 2.65 bits per heavy atom. The summed E-state index contributed by atoms with van der Waals surface area (Å²) in [6.45, 7) is 4.32. The molecule has 0 bridgehead atoms. The highest BCUT2D eigenvalue weighted by Crippen LogP contribution is 2.27. The molecule has 114 valence electrons. The first kappa shape index (κ1) is 15.3. The summed E-state index contributed by atoms with van der Waals surface area (Å²) in [6.07, 6.45) is 4.65. The summed E-state index contributed by atoms with van der Waals surface area (Å²) in [5.41, 5.74) is 0. The molecule has 1 aliphatic carbocycles. The van der Waals surface area contributed by atoms with Crippen LogP contribution in [0.15, 0.2) is 0 Å². The van der Waals surface area contributed by atoms with Crippen molar-refractivity contribution in [1.29, 1.82) is 0 Å². The first-order valence-electron chi connectivity index (χ1n) is 7.67. The average molecular weight is 282 g/mol. The molecule has 2 unspecified atom stereocenters. The van der Waals surface area contributed by atoms with Crippen molar-refractivity contribution in [3.05, 3.63) is 0 Å². The van der Waals surface area contributed by atoms with E-state index in [1.54, 1.807) is 0 Å². The van der Waals surface area contributed by atoms with Gasteiger partial charge in [-0.25, -0.2) is 0 Å². The molecule has 2 atom stereocenters. The number of piperidine rings is 1. The second-order valence-corrected chi connectivity index (χ2v) is 6.45. The summed E-state index contributed by atoms with van der Waals surface area (Å²) in [7, 11) is 1.90. The largest absolute Gasteiger partial charge is 0.481 e. The minimum atomic E-state index is -0.723. The van der Waals surface area contributed by atoms with Crippen molar-refractivity contribution in [2.24, 2.45) is 11.8 Å². The fourth-order valence-electron chi connectivity index (χ4n) is 3.11. The summed E-state index contributed by atoms with van der Waals surface area (Å²) >= 11 is 0. The minimum Gasteiger partial charge on any atom is -0.481 e. The number of hydrogen-bond acceptors (Lipinski definition) is 3. The molecule has 1 saturated heterocycles. The number of hydrogen-bond donors (Lipinski definition) is 1. The fraction of sp³-hybridized carbons (Fsp3) is 0.867. The second kappa shape index (κ2) is 6.57. The van der Waals surface area contributed by atoms with Gasteiger partial charge in [0.15, 0.2) is 0 Å². The summed E-state index contributed by atoms with van der Waals surface area (Å²) in [6, 6.07) is 0.467. The maximum Gasteiger partial charge on any atom is 0.303 e. The van der Waals surface area contributed by atoms with E-state index >= 15 is 0 Å². The summed E-state index contributed by atoms with van der Waals surface area (Å²) < 4.78 is 0. The maximum absolute atomic E-state index is 12.1. The van der Waals surface area contributed by atoms with Crippen LogP contribution < -0.4 is 0 Å². The van der Waals surface area contributed by atoms with Crippen LogP contribution in [-0.4, -0.2) is 59.5 Å². The topological polar surface area (TPSA) is 60.9 Å². The lowest BCUT2D eigenvalue weighted by molar-refractivity contribution is -0.139. The number of carbonyl (C=O) groups is 2. The normalized spacial score (nSPS) is 25.2. The number of aliphatic carboxylic acids is 1. The standard InChI is InChI=1S/C15H26N2O3/c1-11(8-15(19)20)12-4-3-7-17(9-12)10-14(18)16(2)13-5-6-13/h11-13H,3-10H2,1-2H3,(H,19,20). The Morgan fingerprint density at radius 2 is 2.05 bits per heavy atom. The first-order valence-corrected chi connectivity index (χ1v) is 7.67. The number of amides is 1. The van der Waals surface area contributed by atoms with Crippen LogP contribution in [0.3, 0.4) is 0 Å². The lowest BCUT2D eigenvalue weighted by atomic mass is 9.84. The second-order valence-electron chi connectivity index (χ2n) is 6.45. The van der Waals surface area contributed by atoms with Crippen LogP contribution in [0.2, 0.25) is 0 Å². The molecule has 5 nitrogen and oxygen atoms in total. The Labute approximate surface area is 120 Å². The van der Waals surface area contributed by atoms with Crippen LogP contribution in [-0.2, 0) is 9.59 Å². The first-order chi connectivity index (χ1) is 9.47. The lowest BCUT2D eigenvalue weighted by Gasteiger charge is -2.35. The molecule has 1 amide bonds. The van der Waals surface area contributed by atoms with Crippen LogP contribution in [0.4, 0.5) is 0 Å². The van der Waals surface area contributed by atoms with Gasteiger partial charge in [0.2, 0.25) is 5.91 Å². The molecule has 2 fully saturated rings. The number of carbonyl (C=O) groups excluding carboxylic acids is 1. The number of carboxylic acid groups (broad SMARTS) is 1. The highest BCUT2D eigenvalue weighted by atomic mass is 16.4. The molecule has 5 heteroatoms. The van der Waals surface area contributed by atoms with Crippen LogP contribution in [0, 0.1) is 11.8 Å². The molecule has 0 aromatic heterocycles. The van der Waals surface area contributed by atoms with Gasteiger partial charge >= 0.3 is 5.97 Å². The van der Waals surface area contributed by atoms with E-state index in [9.17, 15) is 9.59 Å². The van der Waals surface area contributed by atoms with E-state index in [0.29, 0.717) is 18.5 Å². The number of carboxylic acids is 1. The quantitative estimate of drug-likeness (QED) is 0.800. The number of nitrogens with zero attached hydrogens (tertiary/aromatic N) is 2. The Balaban J connectivity index is 1.80. The van der Waals surface area contributed by atoms with Crippen molar-refractivity contribution in [3.8, 4) is 0 Å². The van der Waals surface area contributed by atoms with Crippen molar-refractivity contribution in [1.82, 2.24) is 9.80 Å². The highest BCUT2D eigenvalue weighted by Gasteiger charge is 2.32. The van der Waals surface area contributed by atoms with E-state index in [0.717, 1.165) is 38.8 Å². The van der Waals surface area contributed by atoms with Gasteiger partial charge in [0, 0.05) is 26.1 Å². The SMILES string of the molecule is CC(CC(=O)O)C1CCCN(CC(=O)N(C)C2CC2)C1. The summed E-state index contributed by atoms with van der Waals surface area (Å²) in [5, 5.41) is 8.89. The molecule has 0 radical (unpaired) electrons. The van der Waals surface area contributed by atoms with E-state index in [1.165, 1.54) is 0 Å². The average Bonchev–Trinajstić information content (AvgIpc) is 3.21. The van der Waals surface area contributed by atoms with Gasteiger partial charge < -0.3 is 10.0 Å². The molecule has 2 aliphatic rings. The monoisotopic (exact) mass is 282 g/mol. The molecular formula is C15H26N2O3. The van der Waals surface area contributed by atoms with Gasteiger partial charge in [-0.15, -0.1) is 0 Å². The van der Waals surface area contributed by atoms with E-state index in [4.69, 9.17) is 5.11 Å². The van der Waals surface area contributed by atoms with Gasteiger partial charge in [0.25, 0.3) is 0 Å². The Bertz CT molecular complexity index is 368. The zero-order valence-corrected chi connectivity index (χ0v) is 12.5. The van der Waals surface area contributed by atoms with Crippen LogP contribution in [0.5, 0.6) is 0 Å². The third-order valence-corrected chi connectivity index (χ3v) is 4.69. The smallest absolute Gasteiger partial charge is 0.303 e. The minimum absolute atomic E-state index is 0.187. The molecule has 2 rings (SSSR count). The van der Waals surface area contributed by atoms with E-state index in [-0.39, 0.29) is 18.2 Å². The molecule has 0 aromatic carbocycles. The van der Waals surface area contributed by atoms with E-state index in [2.05, 4.69) is 4.90 Å². The number of likely N-dealkylation sites (tertiary alicyclic amines) is 1. The molecule has 20 heavy (non-hydrogen) atoms. The molecule has 0 spiro atoms. The summed E-state index contributed by atoms with van der Waals surface area (Å²) in [4.78, 5) is 27.0. The predicted molar refractivity (Wildman–Crippen MR) is 76.4 cm³/mol. The maximum atomic E-state index is 12.1. The van der Waals surface area contributed by atoms with Crippen molar-refractivity contribution >= 4 is 11.9 Å². The van der Waals surface area contributed by atoms with Crippen molar-refractivity contribution in [3.63, 3.8) is 0 Å². The number of likely N-dealkylation sites (N-methyl/N-ethyl adjacent to an activating group) is 1. The van der Waals surface area contributed by atoms with Gasteiger partial charge in [0.1, 0.15) is 0 Å². The van der Waals surface area contributed by atoms with Gasteiger partial charge in [-0.2, -0.15) is 0 Å². The van der Waals surface area contributed by atoms with Gasteiger partial charge in [0.05, 0.1) is 6.54 Å².